The molecule has 0 bridgehead atoms. The van der Waals surface area contributed by atoms with Gasteiger partial charge in [-0.2, -0.15) is 0 Å². The van der Waals surface area contributed by atoms with Crippen molar-refractivity contribution in [2.75, 3.05) is 13.1 Å². The highest BCUT2D eigenvalue weighted by molar-refractivity contribution is 6.33. The quantitative estimate of drug-likeness (QED) is 0.928. The molecule has 0 aromatic heterocycles. The Morgan fingerprint density at radius 1 is 1.50 bits per heavy atom. The Kier molecular flexibility index (Phi) is 5.00. The lowest BCUT2D eigenvalue weighted by Gasteiger charge is -2.32. The van der Waals surface area contributed by atoms with Gasteiger partial charge in [-0.1, -0.05) is 18.0 Å². The van der Waals surface area contributed by atoms with Gasteiger partial charge in [0.15, 0.2) is 0 Å². The number of nitrogens with two attached hydrogens (primary N) is 1. The van der Waals surface area contributed by atoms with Gasteiger partial charge < -0.3 is 10.6 Å². The molecule has 0 spiro atoms. The summed E-state index contributed by atoms with van der Waals surface area (Å²) in [6.45, 7) is 3.14. The summed E-state index contributed by atoms with van der Waals surface area (Å²) in [6, 6.07) is 4.06. The first kappa shape index (κ1) is 15.3. The molecule has 2 atom stereocenters. The average molecular weight is 299 g/mol. The molecule has 2 N–H and O–H groups in total. The van der Waals surface area contributed by atoms with E-state index in [2.05, 4.69) is 0 Å². The molecule has 2 unspecified atom stereocenters. The van der Waals surface area contributed by atoms with Crippen LogP contribution < -0.4 is 5.73 Å². The normalized spacial score (nSPS) is 22.0. The molecule has 20 heavy (non-hydrogen) atoms. The summed E-state index contributed by atoms with van der Waals surface area (Å²) >= 11 is 5.99. The first-order valence-corrected chi connectivity index (χ1v) is 7.42. The highest BCUT2D eigenvalue weighted by Gasteiger charge is 2.33. The Bertz CT molecular complexity index is 495. The van der Waals surface area contributed by atoms with Gasteiger partial charge >= 0.3 is 0 Å². The van der Waals surface area contributed by atoms with Crippen LogP contribution in [0.15, 0.2) is 18.2 Å². The summed E-state index contributed by atoms with van der Waals surface area (Å²) in [5, 5.41) is 0.163. The van der Waals surface area contributed by atoms with Crippen LogP contribution >= 0.6 is 11.6 Å². The third kappa shape index (κ3) is 2.96. The summed E-state index contributed by atoms with van der Waals surface area (Å²) < 4.78 is 13.1. The molecule has 0 saturated heterocycles. The van der Waals surface area contributed by atoms with Crippen molar-refractivity contribution in [2.45, 2.75) is 32.2 Å². The minimum Gasteiger partial charge on any atom is -0.336 e. The van der Waals surface area contributed by atoms with E-state index in [0.29, 0.717) is 24.6 Å². The lowest BCUT2D eigenvalue weighted by atomic mass is 10.0. The first-order chi connectivity index (χ1) is 9.58. The van der Waals surface area contributed by atoms with Crippen LogP contribution in [0.4, 0.5) is 4.39 Å². The van der Waals surface area contributed by atoms with Crippen molar-refractivity contribution in [3.63, 3.8) is 0 Å². The van der Waals surface area contributed by atoms with E-state index in [1.807, 2.05) is 11.8 Å². The highest BCUT2D eigenvalue weighted by atomic mass is 35.5. The van der Waals surface area contributed by atoms with E-state index in [1.54, 1.807) is 0 Å². The predicted molar refractivity (Wildman–Crippen MR) is 78.3 cm³/mol. The van der Waals surface area contributed by atoms with Gasteiger partial charge in [0.05, 0.1) is 10.6 Å². The lowest BCUT2D eigenvalue weighted by molar-refractivity contribution is 0.0652. The maximum absolute atomic E-state index is 13.1. The lowest BCUT2D eigenvalue weighted by Crippen LogP contribution is -2.44. The van der Waals surface area contributed by atoms with Crippen LogP contribution in [0.5, 0.6) is 0 Å². The Morgan fingerprint density at radius 3 is 2.85 bits per heavy atom. The molecule has 0 heterocycles. The summed E-state index contributed by atoms with van der Waals surface area (Å²) in [5.41, 5.74) is 6.15. The maximum atomic E-state index is 13.1. The third-order valence-electron chi connectivity index (χ3n) is 4.09. The molecule has 110 valence electrons. The summed E-state index contributed by atoms with van der Waals surface area (Å²) in [5.74, 6) is -0.226. The molecule has 0 aliphatic heterocycles. The fraction of sp³-hybridized carbons (Fsp3) is 0.533. The molecule has 2 rings (SSSR count). The summed E-state index contributed by atoms with van der Waals surface area (Å²) in [4.78, 5) is 14.5. The molecule has 1 amide bonds. The second-order valence-electron chi connectivity index (χ2n) is 5.21. The minimum atomic E-state index is -0.435. The average Bonchev–Trinajstić information content (AvgIpc) is 2.87. The van der Waals surface area contributed by atoms with Gasteiger partial charge in [-0.25, -0.2) is 4.39 Å². The van der Waals surface area contributed by atoms with E-state index in [0.717, 1.165) is 19.3 Å². The van der Waals surface area contributed by atoms with E-state index in [1.165, 1.54) is 18.2 Å². The second-order valence-corrected chi connectivity index (χ2v) is 5.62. The molecule has 0 radical (unpaired) electrons. The van der Waals surface area contributed by atoms with E-state index in [9.17, 15) is 9.18 Å². The number of rotatable bonds is 4. The van der Waals surface area contributed by atoms with Crippen molar-refractivity contribution in [2.24, 2.45) is 11.7 Å². The number of carbonyl (C=O) groups excluding carboxylic acids is 1. The number of hydrogen-bond donors (Lipinski definition) is 1. The Hall–Kier alpha value is -1.13. The third-order valence-corrected chi connectivity index (χ3v) is 4.40. The van der Waals surface area contributed by atoms with E-state index in [-0.39, 0.29) is 17.0 Å². The zero-order valence-corrected chi connectivity index (χ0v) is 12.4. The number of nitrogens with zero attached hydrogens (tertiary/aromatic N) is 1. The molecular weight excluding hydrogens is 279 g/mol. The zero-order valence-electron chi connectivity index (χ0n) is 11.6. The molecule has 1 aliphatic rings. The van der Waals surface area contributed by atoms with Crippen LogP contribution in [-0.2, 0) is 0 Å². The smallest absolute Gasteiger partial charge is 0.255 e. The van der Waals surface area contributed by atoms with Gasteiger partial charge in [-0.05, 0) is 50.4 Å². The molecule has 1 fully saturated rings. The Balaban J connectivity index is 2.24. The molecule has 1 saturated carbocycles. The summed E-state index contributed by atoms with van der Waals surface area (Å²) in [7, 11) is 0. The van der Waals surface area contributed by atoms with Crippen molar-refractivity contribution >= 4 is 17.5 Å². The van der Waals surface area contributed by atoms with Crippen molar-refractivity contribution in [3.05, 3.63) is 34.6 Å². The fourth-order valence-electron chi connectivity index (χ4n) is 3.05. The van der Waals surface area contributed by atoms with Crippen molar-refractivity contribution in [1.82, 2.24) is 4.90 Å². The van der Waals surface area contributed by atoms with Gasteiger partial charge in [0.25, 0.3) is 5.91 Å². The second kappa shape index (κ2) is 6.55. The monoisotopic (exact) mass is 298 g/mol. The SMILES string of the molecule is CCN(C(=O)c1ccc(F)cc1Cl)C1CCCC1CN. The molecule has 1 aromatic rings. The van der Waals surface area contributed by atoms with Crippen LogP contribution in [0, 0.1) is 11.7 Å². The number of amides is 1. The topological polar surface area (TPSA) is 46.3 Å². The van der Waals surface area contributed by atoms with Crippen LogP contribution in [0.1, 0.15) is 36.5 Å². The van der Waals surface area contributed by atoms with Gasteiger partial charge in [0.1, 0.15) is 5.82 Å². The van der Waals surface area contributed by atoms with Crippen LogP contribution in [0.25, 0.3) is 0 Å². The number of hydrogen-bond acceptors (Lipinski definition) is 2. The maximum Gasteiger partial charge on any atom is 0.255 e. The molecule has 1 aliphatic carbocycles. The van der Waals surface area contributed by atoms with Crippen LogP contribution in [-0.4, -0.2) is 29.9 Å². The van der Waals surface area contributed by atoms with Gasteiger partial charge in [0.2, 0.25) is 0 Å². The van der Waals surface area contributed by atoms with E-state index >= 15 is 0 Å². The minimum absolute atomic E-state index is 0.136. The predicted octanol–water partition coefficient (Wildman–Crippen LogP) is 3.07. The number of halogens is 2. The highest BCUT2D eigenvalue weighted by Crippen LogP contribution is 2.31. The number of carbonyl (C=O) groups is 1. The van der Waals surface area contributed by atoms with E-state index < -0.39 is 5.82 Å². The Labute approximate surface area is 123 Å². The van der Waals surface area contributed by atoms with Crippen molar-refractivity contribution in [1.29, 1.82) is 0 Å². The summed E-state index contributed by atoms with van der Waals surface area (Å²) in [6.07, 6.45) is 3.12. The fourth-order valence-corrected chi connectivity index (χ4v) is 3.30. The number of benzene rings is 1. The standard InChI is InChI=1S/C15H20ClFN2O/c1-2-19(14-5-3-4-10(14)9-18)15(20)12-7-6-11(17)8-13(12)16/h6-8,10,14H,2-5,9,18H2,1H3. The van der Waals surface area contributed by atoms with Gasteiger partial charge in [-0.15, -0.1) is 0 Å². The van der Waals surface area contributed by atoms with Crippen molar-refractivity contribution in [3.8, 4) is 0 Å². The molecule has 3 nitrogen and oxygen atoms in total. The first-order valence-electron chi connectivity index (χ1n) is 7.04. The van der Waals surface area contributed by atoms with Crippen molar-refractivity contribution < 1.29 is 9.18 Å². The van der Waals surface area contributed by atoms with Gasteiger partial charge in [0, 0.05) is 12.6 Å². The van der Waals surface area contributed by atoms with Crippen LogP contribution in [0.3, 0.4) is 0 Å². The molecule has 1 aromatic carbocycles. The van der Waals surface area contributed by atoms with Gasteiger partial charge in [-0.3, -0.25) is 4.79 Å². The largest absolute Gasteiger partial charge is 0.336 e. The Morgan fingerprint density at radius 2 is 2.25 bits per heavy atom. The van der Waals surface area contributed by atoms with Crippen LogP contribution in [0.2, 0.25) is 5.02 Å². The zero-order chi connectivity index (χ0) is 14.7. The molecular formula is C15H20ClFN2O. The van der Waals surface area contributed by atoms with E-state index in [4.69, 9.17) is 17.3 Å². The molecule has 5 heteroatoms.